The van der Waals surface area contributed by atoms with E-state index in [4.69, 9.17) is 13.8 Å². The maximum Gasteiger partial charge on any atom is 0.472 e. The minimum Gasteiger partial charge on any atom is -0.456 e. The summed E-state index contributed by atoms with van der Waals surface area (Å²) < 4.78 is 30.5. The molecule has 3 atom stereocenters. The monoisotopic (exact) mass is 970 g/mol. The fraction of sp³-hybridized carbons (Fsp3) is 0.690. The Hall–Kier alpha value is -3.07. The number of rotatable bonds is 47. The van der Waals surface area contributed by atoms with Crippen LogP contribution in [0.25, 0.3) is 0 Å². The first-order chi connectivity index (χ1) is 32.9. The normalized spacial score (nSPS) is 14.6. The fourth-order valence-corrected chi connectivity index (χ4v) is 7.90. The van der Waals surface area contributed by atoms with E-state index in [9.17, 15) is 19.0 Å². The number of unbranched alkanes of at least 4 members (excludes halogenated alkanes) is 19. The molecule has 0 aromatic carbocycles. The van der Waals surface area contributed by atoms with Gasteiger partial charge in [0.25, 0.3) is 0 Å². The summed E-state index contributed by atoms with van der Waals surface area (Å²) in [7, 11) is 1.45. The Bertz CT molecular complexity index is 1490. The number of carbonyl (C=O) groups is 2. The predicted octanol–water partition coefficient (Wildman–Crippen LogP) is 16.0. The number of quaternary nitrogens is 1. The minimum atomic E-state index is -4.46. The van der Waals surface area contributed by atoms with Crippen molar-refractivity contribution in [3.05, 3.63) is 97.2 Å². The van der Waals surface area contributed by atoms with Crippen LogP contribution in [0.1, 0.15) is 207 Å². The van der Waals surface area contributed by atoms with Crippen LogP contribution in [0.3, 0.4) is 0 Å². The molecule has 0 saturated carbocycles. The summed E-state index contributed by atoms with van der Waals surface area (Å²) >= 11 is 0. The number of amides is 1. The zero-order valence-corrected chi connectivity index (χ0v) is 45.2. The number of hydrogen-bond donors (Lipinski definition) is 2. The number of phosphoric acid groups is 1. The first-order valence-corrected chi connectivity index (χ1v) is 28.6. The van der Waals surface area contributed by atoms with E-state index in [2.05, 4.69) is 111 Å². The molecule has 390 valence electrons. The van der Waals surface area contributed by atoms with E-state index in [1.807, 2.05) is 33.3 Å². The highest BCUT2D eigenvalue weighted by Gasteiger charge is 2.30. The van der Waals surface area contributed by atoms with Crippen molar-refractivity contribution < 1.29 is 37.3 Å². The number of phosphoric ester groups is 1. The third kappa shape index (κ3) is 48.0. The molecule has 0 aromatic rings. The van der Waals surface area contributed by atoms with Gasteiger partial charge in [-0.2, -0.15) is 0 Å². The third-order valence-electron chi connectivity index (χ3n) is 11.3. The van der Waals surface area contributed by atoms with E-state index in [0.29, 0.717) is 17.4 Å². The lowest BCUT2D eigenvalue weighted by molar-refractivity contribution is -0.870. The Kier molecular flexibility index (Phi) is 45.5. The van der Waals surface area contributed by atoms with Crippen molar-refractivity contribution in [2.75, 3.05) is 40.9 Å². The molecule has 0 aliphatic carbocycles. The molecule has 10 heteroatoms. The molecule has 0 heterocycles. The highest BCUT2D eigenvalue weighted by molar-refractivity contribution is 7.47. The molecule has 0 aromatic heterocycles. The number of nitrogens with one attached hydrogen (secondary N) is 1. The number of likely N-dealkylation sites (N-methyl/N-ethyl adjacent to an activating group) is 1. The molecule has 1 amide bonds. The second-order valence-electron chi connectivity index (χ2n) is 19.0. The first-order valence-electron chi connectivity index (χ1n) is 27.1. The van der Waals surface area contributed by atoms with Gasteiger partial charge in [-0.25, -0.2) is 4.57 Å². The van der Waals surface area contributed by atoms with Crippen LogP contribution < -0.4 is 5.32 Å². The molecule has 0 fully saturated rings. The lowest BCUT2D eigenvalue weighted by atomic mass is 10.1. The summed E-state index contributed by atoms with van der Waals surface area (Å²) in [6.45, 7) is 6.70. The predicted molar refractivity (Wildman–Crippen MR) is 290 cm³/mol. The number of hydrogen-bond acceptors (Lipinski definition) is 6. The van der Waals surface area contributed by atoms with Gasteiger partial charge in [0.2, 0.25) is 5.91 Å². The molecule has 0 bridgehead atoms. The summed E-state index contributed by atoms with van der Waals surface area (Å²) in [6.07, 6.45) is 62.6. The van der Waals surface area contributed by atoms with Gasteiger partial charge in [0.1, 0.15) is 19.3 Å². The first kappa shape index (κ1) is 64.9. The highest BCUT2D eigenvalue weighted by Crippen LogP contribution is 2.43. The number of nitrogens with zero attached hydrogens (tertiary/aromatic N) is 1. The average Bonchev–Trinajstić information content (AvgIpc) is 3.29. The molecule has 2 N–H and O–H groups in total. The maximum atomic E-state index is 13.5. The van der Waals surface area contributed by atoms with Crippen LogP contribution in [0.2, 0.25) is 0 Å². The lowest BCUT2D eigenvalue weighted by Crippen LogP contribution is -2.47. The number of carbonyl (C=O) groups excluding carboxylic acids is 2. The molecule has 9 nitrogen and oxygen atoms in total. The van der Waals surface area contributed by atoms with E-state index < -0.39 is 20.0 Å². The van der Waals surface area contributed by atoms with E-state index in [-0.39, 0.29) is 37.9 Å². The maximum absolute atomic E-state index is 13.5. The standard InChI is InChI=1S/C58H101N2O7P/c1-7-10-13-16-19-22-25-27-29-31-32-35-38-41-44-47-50-57(61)59-55(54-66-68(63,64)65-53-52-60(4,5)6)56(49-46-43-40-37-34-24-21-18-15-12-9-3)67-58(62)51-48-45-42-39-36-33-30-28-26-23-20-17-14-11-8-2/h10-11,13-14,17,19-20,22-23,26-27,29,32,35,46,49,55-56H,7-9,12,15-16,18,21,24-25,28,30-31,33-34,36-45,47-48,50-54H2,1-6H3,(H-,59,61,63,64)/p+1/b13-10+,14-11+,20-17+,22-19+,26-23+,29-27+,35-32+,49-46+. The molecule has 68 heavy (non-hydrogen) atoms. The molecule has 0 spiro atoms. The summed E-state index contributed by atoms with van der Waals surface area (Å²) in [5.74, 6) is -0.565. The largest absolute Gasteiger partial charge is 0.472 e. The summed E-state index contributed by atoms with van der Waals surface area (Å²) in [6, 6.07) is -0.874. The summed E-state index contributed by atoms with van der Waals surface area (Å²) in [5.41, 5.74) is 0. The molecule has 0 radical (unpaired) electrons. The van der Waals surface area contributed by atoms with Gasteiger partial charge in [-0.1, -0.05) is 202 Å². The van der Waals surface area contributed by atoms with Crippen LogP contribution in [-0.4, -0.2) is 74.3 Å². The van der Waals surface area contributed by atoms with Crippen molar-refractivity contribution in [3.8, 4) is 0 Å². The van der Waals surface area contributed by atoms with Crippen molar-refractivity contribution in [2.24, 2.45) is 0 Å². The Labute approximate surface area is 418 Å². The van der Waals surface area contributed by atoms with Crippen LogP contribution in [0.4, 0.5) is 0 Å². The van der Waals surface area contributed by atoms with E-state index in [1.54, 1.807) is 0 Å². The van der Waals surface area contributed by atoms with Crippen molar-refractivity contribution in [2.45, 2.75) is 219 Å². The van der Waals surface area contributed by atoms with Gasteiger partial charge in [-0.05, 0) is 89.5 Å². The Morgan fingerprint density at radius 1 is 0.544 bits per heavy atom. The fourth-order valence-electron chi connectivity index (χ4n) is 7.16. The number of ether oxygens (including phenoxy) is 1. The summed E-state index contributed by atoms with van der Waals surface area (Å²) in [4.78, 5) is 37.5. The SMILES string of the molecule is CC/C=C/C=C/C=C/CCCCCCCCCC(=O)OC(/C=C/CCCCCCCCCCC)C(COP(=O)(O)OCC[N+](C)(C)C)NC(=O)CCCCC/C=C/C/C=C/C/C=C/C/C=C/CC. The zero-order chi connectivity index (χ0) is 50.1. The van der Waals surface area contributed by atoms with Gasteiger partial charge in [0.05, 0.1) is 33.8 Å². The average molecular weight is 970 g/mol. The second-order valence-corrected chi connectivity index (χ2v) is 20.5. The second kappa shape index (κ2) is 47.6. The van der Waals surface area contributed by atoms with E-state index >= 15 is 0 Å². The molecule has 0 rings (SSSR count). The van der Waals surface area contributed by atoms with Crippen molar-refractivity contribution >= 4 is 19.7 Å². The van der Waals surface area contributed by atoms with Gasteiger partial charge < -0.3 is 19.4 Å². The molecular weight excluding hydrogens is 868 g/mol. The number of allylic oxidation sites excluding steroid dienone is 15. The van der Waals surface area contributed by atoms with Crippen molar-refractivity contribution in [1.82, 2.24) is 5.32 Å². The van der Waals surface area contributed by atoms with Crippen LogP contribution in [0.5, 0.6) is 0 Å². The quantitative estimate of drug-likeness (QED) is 0.0156. The third-order valence-corrected chi connectivity index (χ3v) is 12.3. The molecule has 0 saturated heterocycles. The van der Waals surface area contributed by atoms with Crippen LogP contribution in [0.15, 0.2) is 97.2 Å². The molecule has 0 aliphatic rings. The lowest BCUT2D eigenvalue weighted by Gasteiger charge is -2.27. The van der Waals surface area contributed by atoms with Gasteiger partial charge in [-0.15, -0.1) is 0 Å². The van der Waals surface area contributed by atoms with Crippen LogP contribution in [0, 0.1) is 0 Å². The van der Waals surface area contributed by atoms with Gasteiger partial charge in [0, 0.05) is 12.8 Å². The Balaban J connectivity index is 5.45. The molecule has 3 unspecified atom stereocenters. The smallest absolute Gasteiger partial charge is 0.456 e. The zero-order valence-electron chi connectivity index (χ0n) is 44.3. The molecule has 0 aliphatic heterocycles. The van der Waals surface area contributed by atoms with Crippen LogP contribution in [-0.2, 0) is 27.9 Å². The van der Waals surface area contributed by atoms with E-state index in [1.165, 1.54) is 64.2 Å². The molecular formula is C58H102N2O7P+. The minimum absolute atomic E-state index is 0.0266. The van der Waals surface area contributed by atoms with Gasteiger partial charge >= 0.3 is 13.8 Å². The Morgan fingerprint density at radius 3 is 1.59 bits per heavy atom. The van der Waals surface area contributed by atoms with Gasteiger partial charge in [0.15, 0.2) is 0 Å². The van der Waals surface area contributed by atoms with Crippen molar-refractivity contribution in [3.63, 3.8) is 0 Å². The number of esters is 1. The topological polar surface area (TPSA) is 111 Å². The van der Waals surface area contributed by atoms with Crippen molar-refractivity contribution in [1.29, 1.82) is 0 Å². The Morgan fingerprint density at radius 2 is 1.01 bits per heavy atom. The van der Waals surface area contributed by atoms with Crippen LogP contribution >= 0.6 is 7.82 Å². The highest BCUT2D eigenvalue weighted by atomic mass is 31.2. The van der Waals surface area contributed by atoms with Gasteiger partial charge in [-0.3, -0.25) is 18.6 Å². The van der Waals surface area contributed by atoms with E-state index in [0.717, 1.165) is 103 Å². The summed E-state index contributed by atoms with van der Waals surface area (Å²) in [5, 5.41) is 3.02.